The van der Waals surface area contributed by atoms with Crippen LogP contribution in [0.3, 0.4) is 0 Å². The maximum absolute atomic E-state index is 12.4. The standard InChI is InChI=1S/C14H8N2O6S/c17-7-15-11-3-1-9(5-13(11)19)23(21,22)10-2-4-12(16-8-18)14(20)6-10/h1-6,19-20H. The van der Waals surface area contributed by atoms with Crippen LogP contribution in [-0.4, -0.2) is 30.8 Å². The van der Waals surface area contributed by atoms with E-state index in [1.165, 1.54) is 12.2 Å². The van der Waals surface area contributed by atoms with Crippen LogP contribution in [0.4, 0.5) is 11.4 Å². The summed E-state index contributed by atoms with van der Waals surface area (Å²) >= 11 is 0. The van der Waals surface area contributed by atoms with Crippen LogP contribution >= 0.6 is 0 Å². The summed E-state index contributed by atoms with van der Waals surface area (Å²) in [6, 6.07) is 6.38. The van der Waals surface area contributed by atoms with E-state index in [-0.39, 0.29) is 21.2 Å². The minimum absolute atomic E-state index is 0.127. The summed E-state index contributed by atoms with van der Waals surface area (Å²) in [6.45, 7) is 0. The van der Waals surface area contributed by atoms with Gasteiger partial charge in [0.25, 0.3) is 0 Å². The molecule has 0 fully saturated rings. The molecular formula is C14H8N2O6S. The number of carbonyl (C=O) groups excluding carboxylic acids is 2. The summed E-state index contributed by atoms with van der Waals surface area (Å²) in [5, 5.41) is 19.3. The molecular weight excluding hydrogens is 324 g/mol. The molecule has 0 radical (unpaired) electrons. The highest BCUT2D eigenvalue weighted by Gasteiger charge is 2.20. The molecule has 2 rings (SSSR count). The molecule has 0 aromatic heterocycles. The molecule has 0 aliphatic rings. The molecule has 23 heavy (non-hydrogen) atoms. The Morgan fingerprint density at radius 1 is 0.783 bits per heavy atom. The molecule has 2 aromatic rings. The van der Waals surface area contributed by atoms with Crippen molar-refractivity contribution in [1.29, 1.82) is 0 Å². The van der Waals surface area contributed by atoms with E-state index in [0.29, 0.717) is 0 Å². The number of isocyanates is 2. The van der Waals surface area contributed by atoms with Gasteiger partial charge < -0.3 is 10.2 Å². The number of aromatic hydroxyl groups is 2. The maximum atomic E-state index is 12.4. The summed E-state index contributed by atoms with van der Waals surface area (Å²) in [6.07, 6.45) is 2.46. The van der Waals surface area contributed by atoms with Crippen molar-refractivity contribution in [2.45, 2.75) is 9.79 Å². The van der Waals surface area contributed by atoms with Gasteiger partial charge in [-0.2, -0.15) is 9.98 Å². The highest BCUT2D eigenvalue weighted by molar-refractivity contribution is 7.91. The van der Waals surface area contributed by atoms with Gasteiger partial charge in [-0.3, -0.25) is 0 Å². The highest BCUT2D eigenvalue weighted by atomic mass is 32.2. The third-order valence-electron chi connectivity index (χ3n) is 2.85. The third-order valence-corrected chi connectivity index (χ3v) is 4.60. The van der Waals surface area contributed by atoms with E-state index in [1.807, 2.05) is 0 Å². The molecule has 0 saturated heterocycles. The van der Waals surface area contributed by atoms with Gasteiger partial charge in [0, 0.05) is 12.1 Å². The number of benzene rings is 2. The van der Waals surface area contributed by atoms with E-state index in [0.717, 1.165) is 36.4 Å². The van der Waals surface area contributed by atoms with Crippen LogP contribution in [-0.2, 0) is 19.4 Å². The Kier molecular flexibility index (Phi) is 4.38. The molecule has 8 nitrogen and oxygen atoms in total. The van der Waals surface area contributed by atoms with E-state index in [2.05, 4.69) is 9.98 Å². The van der Waals surface area contributed by atoms with Crippen LogP contribution in [0.2, 0.25) is 0 Å². The smallest absolute Gasteiger partial charge is 0.240 e. The molecule has 9 heteroatoms. The predicted molar refractivity (Wildman–Crippen MR) is 77.2 cm³/mol. The van der Waals surface area contributed by atoms with Crippen LogP contribution in [0, 0.1) is 0 Å². The van der Waals surface area contributed by atoms with E-state index in [1.54, 1.807) is 0 Å². The number of hydrogen-bond donors (Lipinski definition) is 2. The highest BCUT2D eigenvalue weighted by Crippen LogP contribution is 2.34. The fraction of sp³-hybridized carbons (Fsp3) is 0. The first-order valence-corrected chi connectivity index (χ1v) is 7.45. The lowest BCUT2D eigenvalue weighted by Crippen LogP contribution is -2.01. The summed E-state index contributed by atoms with van der Waals surface area (Å²) in [5.74, 6) is -1.03. The van der Waals surface area contributed by atoms with Gasteiger partial charge in [-0.1, -0.05) is 0 Å². The zero-order valence-corrected chi connectivity index (χ0v) is 12.1. The quantitative estimate of drug-likeness (QED) is 0.648. The average molecular weight is 332 g/mol. The van der Waals surface area contributed by atoms with Crippen molar-refractivity contribution < 1.29 is 28.2 Å². The molecule has 0 unspecified atom stereocenters. The summed E-state index contributed by atoms with van der Waals surface area (Å²) in [7, 11) is -4.05. The van der Waals surface area contributed by atoms with E-state index < -0.39 is 21.3 Å². The van der Waals surface area contributed by atoms with Crippen LogP contribution < -0.4 is 0 Å². The van der Waals surface area contributed by atoms with Crippen LogP contribution in [0.5, 0.6) is 11.5 Å². The number of nitrogens with zero attached hydrogens (tertiary/aromatic N) is 2. The Labute approximate surface area is 130 Å². The molecule has 0 saturated carbocycles. The summed E-state index contributed by atoms with van der Waals surface area (Å²) in [5.41, 5.74) is -0.255. The molecule has 116 valence electrons. The number of phenolic OH excluding ortho intramolecular Hbond substituents is 2. The van der Waals surface area contributed by atoms with Crippen molar-refractivity contribution in [3.63, 3.8) is 0 Å². The number of aliphatic imine (C=N–C) groups is 2. The van der Waals surface area contributed by atoms with Crippen molar-refractivity contribution in [2.24, 2.45) is 9.98 Å². The van der Waals surface area contributed by atoms with Crippen molar-refractivity contribution >= 4 is 33.4 Å². The van der Waals surface area contributed by atoms with Gasteiger partial charge in [0.2, 0.25) is 22.0 Å². The lowest BCUT2D eigenvalue weighted by molar-refractivity contribution is 0.474. The lowest BCUT2D eigenvalue weighted by Gasteiger charge is -2.07. The first-order chi connectivity index (χ1) is 10.9. The van der Waals surface area contributed by atoms with E-state index in [4.69, 9.17) is 0 Å². The van der Waals surface area contributed by atoms with Crippen molar-refractivity contribution in [3.8, 4) is 11.5 Å². The Morgan fingerprint density at radius 3 is 1.48 bits per heavy atom. The molecule has 0 atom stereocenters. The molecule has 0 spiro atoms. The third kappa shape index (κ3) is 3.17. The van der Waals surface area contributed by atoms with Crippen LogP contribution in [0.15, 0.2) is 56.2 Å². The summed E-state index contributed by atoms with van der Waals surface area (Å²) in [4.78, 5) is 26.2. The number of phenols is 2. The average Bonchev–Trinajstić information content (AvgIpc) is 2.51. The molecule has 0 bridgehead atoms. The van der Waals surface area contributed by atoms with Crippen LogP contribution in [0.1, 0.15) is 0 Å². The van der Waals surface area contributed by atoms with Crippen molar-refractivity contribution in [1.82, 2.24) is 0 Å². The fourth-order valence-corrected chi connectivity index (χ4v) is 3.06. The number of hydrogen-bond acceptors (Lipinski definition) is 8. The fourth-order valence-electron chi connectivity index (χ4n) is 1.76. The van der Waals surface area contributed by atoms with Crippen molar-refractivity contribution in [2.75, 3.05) is 0 Å². The maximum Gasteiger partial charge on any atom is 0.240 e. The Bertz CT molecular complexity index is 897. The Morgan fingerprint density at radius 2 is 1.17 bits per heavy atom. The van der Waals surface area contributed by atoms with Crippen LogP contribution in [0.25, 0.3) is 0 Å². The van der Waals surface area contributed by atoms with Gasteiger partial charge in [-0.05, 0) is 24.3 Å². The monoisotopic (exact) mass is 332 g/mol. The van der Waals surface area contributed by atoms with E-state index >= 15 is 0 Å². The zero-order valence-electron chi connectivity index (χ0n) is 11.3. The predicted octanol–water partition coefficient (Wildman–Crippen LogP) is 1.87. The molecule has 2 N–H and O–H groups in total. The van der Waals surface area contributed by atoms with Gasteiger partial charge in [0.1, 0.15) is 22.9 Å². The SMILES string of the molecule is O=C=Nc1ccc(S(=O)(=O)c2ccc(N=C=O)c(O)c2)cc1O. The number of rotatable bonds is 4. The second-order valence-corrected chi connectivity index (χ2v) is 6.16. The lowest BCUT2D eigenvalue weighted by atomic mass is 10.3. The van der Waals surface area contributed by atoms with Gasteiger partial charge in [-0.15, -0.1) is 0 Å². The van der Waals surface area contributed by atoms with Gasteiger partial charge >= 0.3 is 0 Å². The number of sulfone groups is 1. The topological polar surface area (TPSA) is 133 Å². The summed E-state index contributed by atoms with van der Waals surface area (Å²) < 4.78 is 24.9. The Balaban J connectivity index is 2.54. The molecule has 0 aliphatic heterocycles. The zero-order chi connectivity index (χ0) is 17.0. The largest absolute Gasteiger partial charge is 0.506 e. The minimum atomic E-state index is -4.05. The second kappa shape index (κ2) is 6.25. The van der Waals surface area contributed by atoms with E-state index in [9.17, 15) is 28.2 Å². The second-order valence-electron chi connectivity index (χ2n) is 4.21. The molecule has 0 heterocycles. The molecule has 2 aromatic carbocycles. The first-order valence-electron chi connectivity index (χ1n) is 5.97. The minimum Gasteiger partial charge on any atom is -0.506 e. The van der Waals surface area contributed by atoms with Crippen molar-refractivity contribution in [3.05, 3.63) is 36.4 Å². The molecule has 0 amide bonds. The van der Waals surface area contributed by atoms with Gasteiger partial charge in [-0.25, -0.2) is 18.0 Å². The normalized spacial score (nSPS) is 10.4. The van der Waals surface area contributed by atoms with Gasteiger partial charge in [0.05, 0.1) is 9.79 Å². The first kappa shape index (κ1) is 16.1. The molecule has 0 aliphatic carbocycles. The Hall–Kier alpha value is -3.25. The van der Waals surface area contributed by atoms with Gasteiger partial charge in [0.15, 0.2) is 0 Å².